The first-order valence-electron chi connectivity index (χ1n) is 5.96. The zero-order chi connectivity index (χ0) is 17.6. The smallest absolute Gasteiger partial charge is 0.876 e. The third-order valence-electron chi connectivity index (χ3n) is 1.22. The molecule has 0 unspecified atom stereocenters. The van der Waals surface area contributed by atoms with Crippen molar-refractivity contribution in [3.05, 3.63) is 35.5 Å². The predicted molar refractivity (Wildman–Crippen MR) is 82.7 cm³/mol. The summed E-state index contributed by atoms with van der Waals surface area (Å²) in [5, 5.41) is 29.9. The Kier molecular flexibility index (Phi) is 29.0. The van der Waals surface area contributed by atoms with E-state index in [0.29, 0.717) is 0 Å². The van der Waals surface area contributed by atoms with Crippen LogP contribution in [0, 0.1) is 0 Å². The number of allylic oxidation sites excluding steroid dienone is 6. The van der Waals surface area contributed by atoms with Crippen LogP contribution in [-0.2, 0) is 14.4 Å². The van der Waals surface area contributed by atoms with Gasteiger partial charge in [0.1, 0.15) is 0 Å². The molecule has 0 bridgehead atoms. The van der Waals surface area contributed by atoms with Crippen LogP contribution in [0.1, 0.15) is 41.5 Å². The molecule has 0 amide bonds. The quantitative estimate of drug-likeness (QED) is 0.321. The van der Waals surface area contributed by atoms with Gasteiger partial charge in [-0.2, -0.15) is 0 Å². The van der Waals surface area contributed by atoms with E-state index < -0.39 is 0 Å². The summed E-state index contributed by atoms with van der Waals surface area (Å²) in [5.41, 5.74) is 0. The van der Waals surface area contributed by atoms with E-state index in [9.17, 15) is 29.7 Å². The van der Waals surface area contributed by atoms with Crippen LogP contribution >= 0.6 is 0 Å². The van der Waals surface area contributed by atoms with Crippen molar-refractivity contribution in [1.29, 1.82) is 0 Å². The van der Waals surface area contributed by atoms with Gasteiger partial charge < -0.3 is 20.8 Å². The van der Waals surface area contributed by atoms with Crippen molar-refractivity contribution in [2.75, 3.05) is 0 Å². The van der Waals surface area contributed by atoms with E-state index in [1.807, 2.05) is 0 Å². The zero-order valence-corrected chi connectivity index (χ0v) is 16.7. The SMILES string of the molecule is CC(=O)/C=C(/C)[O-].CC(=O)/C=C(/C)[O-].CC(=O)/C=C(/C)[O-].O.[Ga+3]. The first-order chi connectivity index (χ1) is 9.38. The summed E-state index contributed by atoms with van der Waals surface area (Å²) in [6, 6.07) is 0. The number of rotatable bonds is 3. The van der Waals surface area contributed by atoms with Crippen molar-refractivity contribution in [1.82, 2.24) is 0 Å². The van der Waals surface area contributed by atoms with Gasteiger partial charge in [0.2, 0.25) is 0 Å². The Labute approximate surface area is 149 Å². The molecule has 0 radical (unpaired) electrons. The van der Waals surface area contributed by atoms with E-state index in [1.54, 1.807) is 0 Å². The first-order valence-corrected chi connectivity index (χ1v) is 5.96. The van der Waals surface area contributed by atoms with Crippen LogP contribution in [-0.4, -0.2) is 42.6 Å². The van der Waals surface area contributed by atoms with Crippen molar-refractivity contribution in [3.8, 4) is 0 Å². The van der Waals surface area contributed by atoms with E-state index in [1.165, 1.54) is 41.5 Å². The van der Waals surface area contributed by atoms with Gasteiger partial charge in [-0.1, -0.05) is 20.8 Å². The van der Waals surface area contributed by atoms with E-state index >= 15 is 0 Å². The van der Waals surface area contributed by atoms with E-state index in [-0.39, 0.29) is 59.9 Å². The van der Waals surface area contributed by atoms with Gasteiger partial charge in [-0.05, 0) is 39.0 Å². The topological polar surface area (TPSA) is 152 Å². The number of ketones is 3. The molecule has 0 aliphatic carbocycles. The minimum absolute atomic E-state index is 0. The summed E-state index contributed by atoms with van der Waals surface area (Å²) in [6.07, 6.45) is 3.17. The van der Waals surface area contributed by atoms with Gasteiger partial charge >= 0.3 is 19.8 Å². The molecular weight excluding hydrogens is 362 g/mol. The summed E-state index contributed by atoms with van der Waals surface area (Å²) in [5.74, 6) is -1.12. The molecule has 0 spiro atoms. The number of hydrogen-bond donors (Lipinski definition) is 0. The van der Waals surface area contributed by atoms with E-state index in [4.69, 9.17) is 0 Å². The van der Waals surface area contributed by atoms with Crippen molar-refractivity contribution < 1.29 is 35.2 Å². The molecule has 0 aliphatic heterocycles. The normalized spacial score (nSPS) is 10.4. The van der Waals surface area contributed by atoms with Crippen LogP contribution in [0.25, 0.3) is 0 Å². The second-order valence-corrected chi connectivity index (χ2v) is 4.10. The fraction of sp³-hybridized carbons (Fsp3) is 0.400. The molecule has 0 aromatic rings. The van der Waals surface area contributed by atoms with Crippen molar-refractivity contribution in [2.24, 2.45) is 0 Å². The standard InChI is InChI=1S/3C5H8O2.Ga.H2O/c3*1-4(6)3-5(2)7;;/h3*3,6H,1-2H3;;1H2/q;;;+3;/p-3/b3*4-3-;;. The minimum Gasteiger partial charge on any atom is -0.876 e. The Morgan fingerprint density at radius 2 is 0.696 bits per heavy atom. The second kappa shape index (κ2) is 20.2. The van der Waals surface area contributed by atoms with Gasteiger partial charge in [0.05, 0.1) is 0 Å². The van der Waals surface area contributed by atoms with Gasteiger partial charge in [0.25, 0.3) is 0 Å². The fourth-order valence-electron chi connectivity index (χ4n) is 0.859. The van der Waals surface area contributed by atoms with Crippen molar-refractivity contribution >= 4 is 37.1 Å². The Hall–Kier alpha value is -1.77. The largest absolute Gasteiger partial charge is 3.00 e. The Morgan fingerprint density at radius 3 is 0.696 bits per heavy atom. The first kappa shape index (κ1) is 33.0. The van der Waals surface area contributed by atoms with Crippen molar-refractivity contribution in [3.63, 3.8) is 0 Å². The Bertz CT molecular complexity index is 370. The van der Waals surface area contributed by atoms with Crippen LogP contribution in [0.3, 0.4) is 0 Å². The summed E-state index contributed by atoms with van der Waals surface area (Å²) < 4.78 is 0. The molecule has 23 heavy (non-hydrogen) atoms. The summed E-state index contributed by atoms with van der Waals surface area (Å²) in [6.45, 7) is 8.09. The molecule has 0 aromatic carbocycles. The van der Waals surface area contributed by atoms with Gasteiger partial charge in [-0.15, -0.1) is 17.3 Å². The monoisotopic (exact) mass is 384 g/mol. The number of carbonyl (C=O) groups is 3. The average Bonchev–Trinajstić information content (AvgIpc) is 2.10. The van der Waals surface area contributed by atoms with Crippen LogP contribution in [0.15, 0.2) is 35.5 Å². The van der Waals surface area contributed by atoms with E-state index in [2.05, 4.69) is 0 Å². The summed E-state index contributed by atoms with van der Waals surface area (Å²) in [4.78, 5) is 29.9. The molecule has 2 N–H and O–H groups in total. The number of hydrogen-bond acceptors (Lipinski definition) is 6. The molecule has 0 aromatic heterocycles. The molecule has 7 nitrogen and oxygen atoms in total. The van der Waals surface area contributed by atoms with Crippen molar-refractivity contribution in [2.45, 2.75) is 41.5 Å². The van der Waals surface area contributed by atoms with Gasteiger partial charge in [-0.25, -0.2) is 0 Å². The third kappa shape index (κ3) is 64.3. The molecular formula is C15H23GaO7. The van der Waals surface area contributed by atoms with Crippen LogP contribution < -0.4 is 15.3 Å². The molecule has 0 aliphatic rings. The molecule has 0 saturated carbocycles. The molecule has 0 atom stereocenters. The maximum Gasteiger partial charge on any atom is 3.00 e. The third-order valence-corrected chi connectivity index (χ3v) is 1.22. The van der Waals surface area contributed by atoms with Crippen LogP contribution in [0.5, 0.6) is 0 Å². The summed E-state index contributed by atoms with van der Waals surface area (Å²) in [7, 11) is 0. The number of carbonyl (C=O) groups excluding carboxylic acids is 3. The summed E-state index contributed by atoms with van der Waals surface area (Å²) >= 11 is 0. The molecule has 0 saturated heterocycles. The Balaban J connectivity index is -0.0000000675. The van der Waals surface area contributed by atoms with Crippen LogP contribution in [0.2, 0.25) is 0 Å². The van der Waals surface area contributed by atoms with Gasteiger partial charge in [0.15, 0.2) is 17.3 Å². The second-order valence-electron chi connectivity index (χ2n) is 4.10. The predicted octanol–water partition coefficient (Wildman–Crippen LogP) is -1.69. The minimum atomic E-state index is -0.187. The molecule has 8 heteroatoms. The molecule has 0 rings (SSSR count). The maximum atomic E-state index is 9.98. The maximum absolute atomic E-state index is 9.98. The van der Waals surface area contributed by atoms with Gasteiger partial charge in [0, 0.05) is 0 Å². The van der Waals surface area contributed by atoms with E-state index in [0.717, 1.165) is 18.2 Å². The molecule has 0 fully saturated rings. The van der Waals surface area contributed by atoms with Crippen LogP contribution in [0.4, 0.5) is 0 Å². The average molecular weight is 385 g/mol. The zero-order valence-electron chi connectivity index (χ0n) is 14.3. The Morgan fingerprint density at radius 1 is 0.565 bits per heavy atom. The van der Waals surface area contributed by atoms with Gasteiger partial charge in [-0.3, -0.25) is 14.4 Å². The molecule has 0 heterocycles. The molecule has 128 valence electrons. The fourth-order valence-corrected chi connectivity index (χ4v) is 0.859.